The molecule has 0 radical (unpaired) electrons. The van der Waals surface area contributed by atoms with Gasteiger partial charge in [-0.25, -0.2) is 0 Å². The standard InChI is InChI=1S/C16H25NO2/c1-3-5-8-13(4-2)12-19-16(18)11-14-9-6-7-10-15(14)17/h6-7,9-10,13H,3-5,8,11-12,17H2,1-2H3. The molecule has 0 aromatic heterocycles. The average Bonchev–Trinajstić information content (AvgIpc) is 2.41. The van der Waals surface area contributed by atoms with E-state index >= 15 is 0 Å². The van der Waals surface area contributed by atoms with E-state index in [2.05, 4.69) is 13.8 Å². The van der Waals surface area contributed by atoms with E-state index in [1.165, 1.54) is 12.8 Å². The van der Waals surface area contributed by atoms with E-state index in [9.17, 15) is 4.79 Å². The van der Waals surface area contributed by atoms with Crippen LogP contribution in [0.2, 0.25) is 0 Å². The fourth-order valence-corrected chi connectivity index (χ4v) is 2.01. The summed E-state index contributed by atoms with van der Waals surface area (Å²) in [5, 5.41) is 0. The number of anilines is 1. The van der Waals surface area contributed by atoms with Crippen molar-refractivity contribution in [2.75, 3.05) is 12.3 Å². The minimum Gasteiger partial charge on any atom is -0.465 e. The Bertz CT molecular complexity index is 390. The van der Waals surface area contributed by atoms with E-state index in [0.29, 0.717) is 18.2 Å². The molecule has 1 aromatic rings. The van der Waals surface area contributed by atoms with Gasteiger partial charge in [0.05, 0.1) is 13.0 Å². The summed E-state index contributed by atoms with van der Waals surface area (Å²) in [5.41, 5.74) is 7.30. The fourth-order valence-electron chi connectivity index (χ4n) is 2.01. The zero-order valence-corrected chi connectivity index (χ0v) is 12.0. The molecule has 3 heteroatoms. The van der Waals surface area contributed by atoms with E-state index in [0.717, 1.165) is 18.4 Å². The molecule has 1 aromatic carbocycles. The Morgan fingerprint density at radius 1 is 1.32 bits per heavy atom. The van der Waals surface area contributed by atoms with Crippen molar-refractivity contribution in [2.45, 2.75) is 46.0 Å². The van der Waals surface area contributed by atoms with Crippen molar-refractivity contribution in [1.29, 1.82) is 0 Å². The Morgan fingerprint density at radius 2 is 2.05 bits per heavy atom. The Morgan fingerprint density at radius 3 is 2.68 bits per heavy atom. The summed E-state index contributed by atoms with van der Waals surface area (Å²) >= 11 is 0. The van der Waals surface area contributed by atoms with Gasteiger partial charge < -0.3 is 10.5 Å². The second-order valence-electron chi connectivity index (χ2n) is 4.98. The van der Waals surface area contributed by atoms with Crippen LogP contribution in [0, 0.1) is 5.92 Å². The molecule has 3 nitrogen and oxygen atoms in total. The highest BCUT2D eigenvalue weighted by molar-refractivity contribution is 5.74. The van der Waals surface area contributed by atoms with Crippen LogP contribution in [-0.2, 0) is 16.0 Å². The van der Waals surface area contributed by atoms with Gasteiger partial charge in [0, 0.05) is 5.69 Å². The van der Waals surface area contributed by atoms with Gasteiger partial charge in [-0.3, -0.25) is 4.79 Å². The van der Waals surface area contributed by atoms with Crippen LogP contribution >= 0.6 is 0 Å². The lowest BCUT2D eigenvalue weighted by atomic mass is 10.0. The molecule has 1 atom stereocenters. The highest BCUT2D eigenvalue weighted by Crippen LogP contribution is 2.15. The summed E-state index contributed by atoms with van der Waals surface area (Å²) in [6.07, 6.45) is 4.83. The second kappa shape index (κ2) is 8.57. The van der Waals surface area contributed by atoms with Gasteiger partial charge >= 0.3 is 5.97 Å². The van der Waals surface area contributed by atoms with Crippen molar-refractivity contribution in [3.05, 3.63) is 29.8 Å². The van der Waals surface area contributed by atoms with Crippen molar-refractivity contribution in [3.8, 4) is 0 Å². The number of rotatable bonds is 8. The minimum atomic E-state index is -0.187. The normalized spacial score (nSPS) is 12.1. The van der Waals surface area contributed by atoms with Crippen LogP contribution in [0.1, 0.15) is 45.1 Å². The number of ether oxygens (including phenoxy) is 1. The molecule has 0 heterocycles. The molecule has 0 fully saturated rings. The number of carbonyl (C=O) groups excluding carboxylic acids is 1. The third-order valence-corrected chi connectivity index (χ3v) is 3.41. The molecule has 0 bridgehead atoms. The lowest BCUT2D eigenvalue weighted by Gasteiger charge is -2.14. The summed E-state index contributed by atoms with van der Waals surface area (Å²) in [6, 6.07) is 7.42. The highest BCUT2D eigenvalue weighted by Gasteiger charge is 2.11. The molecule has 0 aliphatic heterocycles. The van der Waals surface area contributed by atoms with Crippen LogP contribution in [-0.4, -0.2) is 12.6 Å². The molecule has 1 unspecified atom stereocenters. The lowest BCUT2D eigenvalue weighted by Crippen LogP contribution is -2.16. The molecule has 0 spiro atoms. The highest BCUT2D eigenvalue weighted by atomic mass is 16.5. The third-order valence-electron chi connectivity index (χ3n) is 3.41. The van der Waals surface area contributed by atoms with Crippen LogP contribution in [0.4, 0.5) is 5.69 Å². The summed E-state index contributed by atoms with van der Waals surface area (Å²) in [4.78, 5) is 11.8. The third kappa shape index (κ3) is 5.77. The van der Waals surface area contributed by atoms with Crippen molar-refractivity contribution < 1.29 is 9.53 Å². The van der Waals surface area contributed by atoms with Gasteiger partial charge in [0.15, 0.2) is 0 Å². The SMILES string of the molecule is CCCCC(CC)COC(=O)Cc1ccccc1N. The number of hydrogen-bond donors (Lipinski definition) is 1. The molecule has 106 valence electrons. The zero-order chi connectivity index (χ0) is 14.1. The fraction of sp³-hybridized carbons (Fsp3) is 0.562. The van der Waals surface area contributed by atoms with Crippen LogP contribution in [0.25, 0.3) is 0 Å². The molecular weight excluding hydrogens is 238 g/mol. The van der Waals surface area contributed by atoms with Crippen molar-refractivity contribution >= 4 is 11.7 Å². The Labute approximate surface area is 116 Å². The number of hydrogen-bond acceptors (Lipinski definition) is 3. The maximum Gasteiger partial charge on any atom is 0.310 e. The average molecular weight is 263 g/mol. The molecule has 0 aliphatic carbocycles. The number of unbranched alkanes of at least 4 members (excludes halogenated alkanes) is 1. The quantitative estimate of drug-likeness (QED) is 0.576. The van der Waals surface area contributed by atoms with Crippen LogP contribution in [0.15, 0.2) is 24.3 Å². The number of benzene rings is 1. The first-order chi connectivity index (χ1) is 9.17. The van der Waals surface area contributed by atoms with Crippen molar-refractivity contribution in [3.63, 3.8) is 0 Å². The maximum absolute atomic E-state index is 11.8. The predicted molar refractivity (Wildman–Crippen MR) is 78.8 cm³/mol. The number of para-hydroxylation sites is 1. The van der Waals surface area contributed by atoms with E-state index in [-0.39, 0.29) is 12.4 Å². The Balaban J connectivity index is 2.37. The molecule has 0 amide bonds. The zero-order valence-electron chi connectivity index (χ0n) is 12.0. The van der Waals surface area contributed by atoms with E-state index < -0.39 is 0 Å². The molecule has 19 heavy (non-hydrogen) atoms. The largest absolute Gasteiger partial charge is 0.465 e. The number of carbonyl (C=O) groups is 1. The summed E-state index contributed by atoms with van der Waals surface area (Å²) in [7, 11) is 0. The summed E-state index contributed by atoms with van der Waals surface area (Å²) in [5.74, 6) is 0.296. The van der Waals surface area contributed by atoms with Gasteiger partial charge in [0.2, 0.25) is 0 Å². The van der Waals surface area contributed by atoms with Crippen molar-refractivity contribution in [2.24, 2.45) is 5.92 Å². The Kier molecular flexibility index (Phi) is 7.01. The van der Waals surface area contributed by atoms with E-state index in [4.69, 9.17) is 10.5 Å². The number of nitrogens with two attached hydrogens (primary N) is 1. The van der Waals surface area contributed by atoms with Gasteiger partial charge in [-0.1, -0.05) is 51.3 Å². The second-order valence-corrected chi connectivity index (χ2v) is 4.98. The van der Waals surface area contributed by atoms with E-state index in [1.54, 1.807) is 6.07 Å². The Hall–Kier alpha value is -1.51. The molecule has 1 rings (SSSR count). The first kappa shape index (κ1) is 15.5. The van der Waals surface area contributed by atoms with Gasteiger partial charge in [-0.2, -0.15) is 0 Å². The van der Waals surface area contributed by atoms with E-state index in [1.807, 2.05) is 18.2 Å². The topological polar surface area (TPSA) is 52.3 Å². The maximum atomic E-state index is 11.8. The molecular formula is C16H25NO2. The molecule has 0 aliphatic rings. The van der Waals surface area contributed by atoms with Gasteiger partial charge in [0.25, 0.3) is 0 Å². The first-order valence-corrected chi connectivity index (χ1v) is 7.16. The number of esters is 1. The lowest BCUT2D eigenvalue weighted by molar-refractivity contribution is -0.144. The van der Waals surface area contributed by atoms with Crippen LogP contribution in [0.3, 0.4) is 0 Å². The predicted octanol–water partition coefficient (Wildman–Crippen LogP) is 3.57. The van der Waals surface area contributed by atoms with Crippen molar-refractivity contribution in [1.82, 2.24) is 0 Å². The number of nitrogen functional groups attached to an aromatic ring is 1. The van der Waals surface area contributed by atoms with Gasteiger partial charge in [-0.15, -0.1) is 0 Å². The summed E-state index contributed by atoms with van der Waals surface area (Å²) < 4.78 is 5.36. The minimum absolute atomic E-state index is 0.187. The van der Waals surface area contributed by atoms with Gasteiger partial charge in [0.1, 0.15) is 0 Å². The molecule has 2 N–H and O–H groups in total. The molecule has 0 saturated heterocycles. The van der Waals surface area contributed by atoms with Crippen LogP contribution < -0.4 is 5.73 Å². The summed E-state index contributed by atoms with van der Waals surface area (Å²) in [6.45, 7) is 4.85. The first-order valence-electron chi connectivity index (χ1n) is 7.16. The smallest absolute Gasteiger partial charge is 0.310 e. The van der Waals surface area contributed by atoms with Gasteiger partial charge in [-0.05, 0) is 24.0 Å². The molecule has 0 saturated carbocycles. The van der Waals surface area contributed by atoms with Crippen LogP contribution in [0.5, 0.6) is 0 Å². The monoisotopic (exact) mass is 263 g/mol.